The fourth-order valence-corrected chi connectivity index (χ4v) is 3.89. The van der Waals surface area contributed by atoms with Crippen LogP contribution in [0, 0.1) is 11.3 Å². The van der Waals surface area contributed by atoms with Gasteiger partial charge in [-0.25, -0.2) is 0 Å². The predicted octanol–water partition coefficient (Wildman–Crippen LogP) is 4.36. The summed E-state index contributed by atoms with van der Waals surface area (Å²) in [6.07, 6.45) is 9.30. The first-order valence-corrected chi connectivity index (χ1v) is 9.85. The van der Waals surface area contributed by atoms with E-state index >= 15 is 0 Å². The molecule has 0 aromatic heterocycles. The van der Waals surface area contributed by atoms with Gasteiger partial charge in [0.2, 0.25) is 5.91 Å². The molecule has 4 rings (SSSR count). The molecule has 144 valence electrons. The number of benzene rings is 2. The minimum absolute atomic E-state index is 0.0972. The molecule has 2 N–H and O–H groups in total. The maximum atomic E-state index is 12.8. The third-order valence-electron chi connectivity index (χ3n) is 5.28. The zero-order valence-corrected chi connectivity index (χ0v) is 16.6. The van der Waals surface area contributed by atoms with E-state index in [9.17, 15) is 4.79 Å². The third-order valence-corrected chi connectivity index (χ3v) is 5.63. The average Bonchev–Trinajstić information content (AvgIpc) is 3.19. The average molecular weight is 402 g/mol. The summed E-state index contributed by atoms with van der Waals surface area (Å²) in [4.78, 5) is 14.5. The van der Waals surface area contributed by atoms with Crippen molar-refractivity contribution in [3.63, 3.8) is 0 Å². The van der Waals surface area contributed by atoms with Crippen molar-refractivity contribution in [2.75, 3.05) is 6.54 Å². The second-order valence-corrected chi connectivity index (χ2v) is 7.66. The number of nitrogens with two attached hydrogens (primary N) is 1. The molecule has 0 saturated carbocycles. The molecular formula is C24H20ClN3O. The maximum Gasteiger partial charge on any atom is 0.244 e. The molecule has 0 radical (unpaired) electrons. The van der Waals surface area contributed by atoms with Gasteiger partial charge in [-0.3, -0.25) is 4.79 Å². The van der Waals surface area contributed by atoms with E-state index in [1.165, 1.54) is 11.1 Å². The molecule has 2 aromatic rings. The Morgan fingerprint density at radius 1 is 1.17 bits per heavy atom. The van der Waals surface area contributed by atoms with Crippen LogP contribution in [0.4, 0.5) is 0 Å². The number of halogens is 1. The molecule has 2 aliphatic rings. The van der Waals surface area contributed by atoms with E-state index in [0.29, 0.717) is 23.6 Å². The topological polar surface area (TPSA) is 70.1 Å². The molecule has 1 amide bonds. The van der Waals surface area contributed by atoms with Gasteiger partial charge in [-0.2, -0.15) is 5.26 Å². The Morgan fingerprint density at radius 3 is 2.62 bits per heavy atom. The standard InChI is InChI=1S/C24H20ClN3O/c25-22-11-18(17-7-5-16(13-26)6-8-17)9-10-19(22)12-23(27)24(29)28-14-20-3-1-2-4-21(20)15-28/h1-3,5-11,15,23H,4,12,14,27H2. The van der Waals surface area contributed by atoms with Crippen LogP contribution in [0.5, 0.6) is 0 Å². The molecule has 2 aromatic carbocycles. The number of hydrogen-bond donors (Lipinski definition) is 1. The summed E-state index contributed by atoms with van der Waals surface area (Å²) >= 11 is 6.48. The van der Waals surface area contributed by atoms with Gasteiger partial charge < -0.3 is 10.6 Å². The third kappa shape index (κ3) is 4.02. The molecule has 29 heavy (non-hydrogen) atoms. The molecule has 1 atom stereocenters. The number of nitrogens with zero attached hydrogens (tertiary/aromatic N) is 2. The van der Waals surface area contributed by atoms with Crippen molar-refractivity contribution in [1.82, 2.24) is 4.90 Å². The van der Waals surface area contributed by atoms with E-state index < -0.39 is 6.04 Å². The van der Waals surface area contributed by atoms with Gasteiger partial charge in [0, 0.05) is 11.2 Å². The molecule has 5 heteroatoms. The van der Waals surface area contributed by atoms with Crippen LogP contribution in [0.25, 0.3) is 11.1 Å². The van der Waals surface area contributed by atoms with Crippen molar-refractivity contribution in [3.05, 3.63) is 94.2 Å². The maximum absolute atomic E-state index is 12.8. The highest BCUT2D eigenvalue weighted by Crippen LogP contribution is 2.29. The number of allylic oxidation sites excluding steroid dienone is 3. The molecule has 0 saturated heterocycles. The lowest BCUT2D eigenvalue weighted by atomic mass is 9.99. The van der Waals surface area contributed by atoms with Crippen molar-refractivity contribution in [1.29, 1.82) is 5.26 Å². The van der Waals surface area contributed by atoms with E-state index in [1.807, 2.05) is 48.7 Å². The van der Waals surface area contributed by atoms with Crippen LogP contribution in [0.1, 0.15) is 17.5 Å². The van der Waals surface area contributed by atoms with Crippen molar-refractivity contribution in [2.24, 2.45) is 5.73 Å². The number of carbonyl (C=O) groups excluding carboxylic acids is 1. The van der Waals surface area contributed by atoms with E-state index in [-0.39, 0.29) is 5.91 Å². The van der Waals surface area contributed by atoms with Crippen LogP contribution in [0.3, 0.4) is 0 Å². The van der Waals surface area contributed by atoms with Gasteiger partial charge in [0.05, 0.1) is 24.2 Å². The second-order valence-electron chi connectivity index (χ2n) is 7.25. The van der Waals surface area contributed by atoms with Crippen molar-refractivity contribution in [3.8, 4) is 17.2 Å². The molecular weight excluding hydrogens is 382 g/mol. The normalized spacial score (nSPS) is 16.0. The number of carbonyl (C=O) groups is 1. The zero-order chi connectivity index (χ0) is 20.4. The summed E-state index contributed by atoms with van der Waals surface area (Å²) in [6.45, 7) is 0.581. The molecule has 4 nitrogen and oxygen atoms in total. The van der Waals surface area contributed by atoms with Gasteiger partial charge in [-0.05, 0) is 58.9 Å². The lowest BCUT2D eigenvalue weighted by Crippen LogP contribution is -2.42. The monoisotopic (exact) mass is 401 g/mol. The minimum Gasteiger partial charge on any atom is -0.320 e. The van der Waals surface area contributed by atoms with Crippen LogP contribution >= 0.6 is 11.6 Å². The van der Waals surface area contributed by atoms with Crippen molar-refractivity contribution in [2.45, 2.75) is 18.9 Å². The van der Waals surface area contributed by atoms with E-state index in [2.05, 4.69) is 12.1 Å². The summed E-state index contributed by atoms with van der Waals surface area (Å²) in [5.41, 5.74) is 12.0. The highest BCUT2D eigenvalue weighted by Gasteiger charge is 2.27. The molecule has 1 aliphatic heterocycles. The second kappa shape index (κ2) is 8.08. The van der Waals surface area contributed by atoms with Crippen molar-refractivity contribution >= 4 is 17.5 Å². The molecule has 1 heterocycles. The fraction of sp³-hybridized carbons (Fsp3) is 0.167. The lowest BCUT2D eigenvalue weighted by Gasteiger charge is -2.19. The number of fused-ring (bicyclic) bond motifs is 1. The highest BCUT2D eigenvalue weighted by atomic mass is 35.5. The van der Waals surface area contributed by atoms with Gasteiger partial charge in [0.25, 0.3) is 0 Å². The van der Waals surface area contributed by atoms with Crippen LogP contribution in [0.15, 0.2) is 78.0 Å². The summed E-state index contributed by atoms with van der Waals surface area (Å²) in [5, 5.41) is 9.50. The quantitative estimate of drug-likeness (QED) is 0.827. The molecule has 1 aliphatic carbocycles. The van der Waals surface area contributed by atoms with E-state index in [1.54, 1.807) is 17.0 Å². The van der Waals surface area contributed by atoms with Crippen LogP contribution in [-0.4, -0.2) is 23.4 Å². The number of nitriles is 1. The number of rotatable bonds is 4. The highest BCUT2D eigenvalue weighted by molar-refractivity contribution is 6.31. The Labute approximate surface area is 175 Å². The van der Waals surface area contributed by atoms with Gasteiger partial charge >= 0.3 is 0 Å². The smallest absolute Gasteiger partial charge is 0.244 e. The number of hydrogen-bond acceptors (Lipinski definition) is 3. The lowest BCUT2D eigenvalue weighted by molar-refractivity contribution is -0.129. The Balaban J connectivity index is 1.46. The van der Waals surface area contributed by atoms with E-state index in [0.717, 1.165) is 23.1 Å². The predicted molar refractivity (Wildman–Crippen MR) is 115 cm³/mol. The fourth-order valence-electron chi connectivity index (χ4n) is 3.63. The first-order chi connectivity index (χ1) is 14.0. The Kier molecular flexibility index (Phi) is 5.35. The molecule has 0 fully saturated rings. The first-order valence-electron chi connectivity index (χ1n) is 9.47. The van der Waals surface area contributed by atoms with E-state index in [4.69, 9.17) is 22.6 Å². The summed E-state index contributed by atoms with van der Waals surface area (Å²) in [7, 11) is 0. The summed E-state index contributed by atoms with van der Waals surface area (Å²) in [5.74, 6) is -0.0972. The van der Waals surface area contributed by atoms with Gasteiger partial charge in [-0.1, -0.05) is 54.1 Å². The number of amides is 1. The molecule has 0 bridgehead atoms. The van der Waals surface area contributed by atoms with Gasteiger partial charge in [0.1, 0.15) is 0 Å². The van der Waals surface area contributed by atoms with Crippen molar-refractivity contribution < 1.29 is 4.79 Å². The van der Waals surface area contributed by atoms with Crippen LogP contribution < -0.4 is 5.73 Å². The largest absolute Gasteiger partial charge is 0.320 e. The summed E-state index contributed by atoms with van der Waals surface area (Å²) < 4.78 is 0. The Bertz CT molecular complexity index is 1090. The van der Waals surface area contributed by atoms with Gasteiger partial charge in [0.15, 0.2) is 0 Å². The summed E-state index contributed by atoms with van der Waals surface area (Å²) in [6, 6.07) is 14.5. The Hall–Kier alpha value is -3.13. The SMILES string of the molecule is N#Cc1ccc(-c2ccc(CC(N)C(=O)N3C=C4CC=CC=C4C3)c(Cl)c2)cc1. The Morgan fingerprint density at radius 2 is 1.93 bits per heavy atom. The van der Waals surface area contributed by atoms with Gasteiger partial charge in [-0.15, -0.1) is 0 Å². The molecule has 1 unspecified atom stereocenters. The zero-order valence-electron chi connectivity index (χ0n) is 15.8. The first kappa shape index (κ1) is 19.2. The molecule has 0 spiro atoms. The van der Waals surface area contributed by atoms with Crippen LogP contribution in [-0.2, 0) is 11.2 Å². The minimum atomic E-state index is -0.654. The van der Waals surface area contributed by atoms with Crippen LogP contribution in [0.2, 0.25) is 5.02 Å².